The van der Waals surface area contributed by atoms with Crippen molar-refractivity contribution in [3.8, 4) is 0 Å². The molecule has 3 aliphatic carbocycles. The Morgan fingerprint density at radius 1 is 1.10 bits per heavy atom. The average molecular weight is 412 g/mol. The number of amides is 1. The predicted octanol–water partition coefficient (Wildman–Crippen LogP) is 0.636. The number of carboxylic acid groups (broad SMARTS) is 1. The van der Waals surface area contributed by atoms with Gasteiger partial charge in [0.1, 0.15) is 0 Å². The van der Waals surface area contributed by atoms with Gasteiger partial charge in [0.2, 0.25) is 5.91 Å². The van der Waals surface area contributed by atoms with E-state index in [0.717, 1.165) is 43.4 Å². The molecule has 1 aliphatic heterocycles. The standard InChI is InChI=1S/C24H39NO3.Na/c1-15(5-10-22(27)28)17-7-8-18-16-6-9-20-24(3,14-12-21(26)25(20)4)19(16)11-13-23(17,18)2;/h15-20H,5-14H2,1-4H3,(H,27,28);/q;+1/p-1/t15?,16-,17+,18-,19-,20?,23+,24+;/m0./s1. The van der Waals surface area contributed by atoms with E-state index in [4.69, 9.17) is 0 Å². The molecular formula is C24H38NNaO3. The molecule has 1 amide bonds. The molecule has 8 atom stereocenters. The van der Waals surface area contributed by atoms with E-state index in [1.165, 1.54) is 32.1 Å². The third-order valence-corrected chi connectivity index (χ3v) is 10.1. The van der Waals surface area contributed by atoms with Crippen LogP contribution < -0.4 is 34.7 Å². The van der Waals surface area contributed by atoms with Gasteiger partial charge < -0.3 is 14.8 Å². The summed E-state index contributed by atoms with van der Waals surface area (Å²) in [6.07, 6.45) is 10.3. The molecule has 0 aromatic carbocycles. The Hall–Kier alpha value is -0.0600. The van der Waals surface area contributed by atoms with Crippen LogP contribution in [-0.4, -0.2) is 29.9 Å². The van der Waals surface area contributed by atoms with Gasteiger partial charge in [0, 0.05) is 25.5 Å². The van der Waals surface area contributed by atoms with Gasteiger partial charge in [-0.3, -0.25) is 4.79 Å². The van der Waals surface area contributed by atoms with E-state index in [0.29, 0.717) is 29.2 Å². The Morgan fingerprint density at radius 3 is 2.48 bits per heavy atom. The van der Waals surface area contributed by atoms with Gasteiger partial charge in [-0.1, -0.05) is 20.8 Å². The first-order valence-electron chi connectivity index (χ1n) is 11.6. The molecule has 29 heavy (non-hydrogen) atoms. The molecule has 0 radical (unpaired) electrons. The molecule has 158 valence electrons. The van der Waals surface area contributed by atoms with Crippen LogP contribution in [0.25, 0.3) is 0 Å². The zero-order chi connectivity index (χ0) is 20.3. The van der Waals surface area contributed by atoms with Crippen molar-refractivity contribution in [3.63, 3.8) is 0 Å². The number of carbonyl (C=O) groups excluding carboxylic acids is 2. The molecule has 4 rings (SSSR count). The Labute approximate surface area is 198 Å². The van der Waals surface area contributed by atoms with Crippen molar-refractivity contribution in [1.82, 2.24) is 4.90 Å². The van der Waals surface area contributed by atoms with Crippen LogP contribution in [0.2, 0.25) is 0 Å². The third-order valence-electron chi connectivity index (χ3n) is 10.1. The maximum absolute atomic E-state index is 12.3. The second-order valence-corrected chi connectivity index (χ2v) is 11.1. The number of carbonyl (C=O) groups is 2. The van der Waals surface area contributed by atoms with Crippen LogP contribution in [0.15, 0.2) is 0 Å². The largest absolute Gasteiger partial charge is 1.00 e. The summed E-state index contributed by atoms with van der Waals surface area (Å²) in [5.74, 6) is 2.87. The minimum absolute atomic E-state index is 0. The van der Waals surface area contributed by atoms with Crippen LogP contribution in [0, 0.1) is 40.4 Å². The summed E-state index contributed by atoms with van der Waals surface area (Å²) in [5, 5.41) is 10.9. The summed E-state index contributed by atoms with van der Waals surface area (Å²) in [6.45, 7) is 7.27. The van der Waals surface area contributed by atoms with Crippen molar-refractivity contribution in [3.05, 3.63) is 0 Å². The minimum atomic E-state index is -0.905. The summed E-state index contributed by atoms with van der Waals surface area (Å²) in [7, 11) is 2.03. The monoisotopic (exact) mass is 411 g/mol. The molecule has 1 saturated heterocycles. The summed E-state index contributed by atoms with van der Waals surface area (Å²) in [6, 6.07) is 0.429. The number of piperidine rings is 1. The number of rotatable bonds is 4. The Balaban J connectivity index is 0.00000240. The first kappa shape index (κ1) is 23.6. The van der Waals surface area contributed by atoms with Gasteiger partial charge in [-0.2, -0.15) is 0 Å². The minimum Gasteiger partial charge on any atom is -0.550 e. The molecule has 3 saturated carbocycles. The van der Waals surface area contributed by atoms with Crippen molar-refractivity contribution in [2.75, 3.05) is 7.05 Å². The molecule has 0 N–H and O–H groups in total. The zero-order valence-electron chi connectivity index (χ0n) is 19.2. The van der Waals surface area contributed by atoms with E-state index in [1.54, 1.807) is 0 Å². The molecule has 0 bridgehead atoms. The number of carboxylic acids is 1. The van der Waals surface area contributed by atoms with E-state index in [-0.39, 0.29) is 41.4 Å². The number of aliphatic carboxylic acids is 1. The number of nitrogens with zero attached hydrogens (tertiary/aromatic N) is 1. The smallest absolute Gasteiger partial charge is 0.550 e. The summed E-state index contributed by atoms with van der Waals surface area (Å²) in [4.78, 5) is 25.3. The fourth-order valence-corrected chi connectivity index (χ4v) is 8.67. The number of hydrogen-bond donors (Lipinski definition) is 0. The summed E-state index contributed by atoms with van der Waals surface area (Å²) < 4.78 is 0. The van der Waals surface area contributed by atoms with Crippen LogP contribution in [0.4, 0.5) is 0 Å². The fraction of sp³-hybridized carbons (Fsp3) is 0.917. The van der Waals surface area contributed by atoms with Gasteiger partial charge in [-0.25, -0.2) is 0 Å². The van der Waals surface area contributed by atoms with Crippen LogP contribution in [0.1, 0.15) is 85.0 Å². The Bertz CT molecular complexity index is 654. The maximum atomic E-state index is 12.3. The Morgan fingerprint density at radius 2 is 1.79 bits per heavy atom. The molecule has 1 heterocycles. The Kier molecular flexibility index (Phi) is 6.89. The van der Waals surface area contributed by atoms with Gasteiger partial charge in [-0.15, -0.1) is 0 Å². The molecule has 4 fully saturated rings. The van der Waals surface area contributed by atoms with Crippen molar-refractivity contribution in [2.24, 2.45) is 40.4 Å². The molecule has 0 aromatic rings. The second kappa shape index (κ2) is 8.47. The van der Waals surface area contributed by atoms with Crippen LogP contribution in [0.5, 0.6) is 0 Å². The second-order valence-electron chi connectivity index (χ2n) is 11.1. The van der Waals surface area contributed by atoms with Crippen LogP contribution in [0.3, 0.4) is 0 Å². The van der Waals surface area contributed by atoms with E-state index in [9.17, 15) is 14.7 Å². The maximum Gasteiger partial charge on any atom is 1.00 e. The van der Waals surface area contributed by atoms with Crippen molar-refractivity contribution >= 4 is 11.9 Å². The van der Waals surface area contributed by atoms with Gasteiger partial charge in [-0.05, 0) is 98.2 Å². The zero-order valence-corrected chi connectivity index (χ0v) is 21.2. The predicted molar refractivity (Wildman–Crippen MR) is 107 cm³/mol. The van der Waals surface area contributed by atoms with E-state index < -0.39 is 5.97 Å². The van der Waals surface area contributed by atoms with E-state index >= 15 is 0 Å². The molecule has 0 aromatic heterocycles. The van der Waals surface area contributed by atoms with E-state index in [1.807, 2.05) is 7.05 Å². The van der Waals surface area contributed by atoms with Crippen LogP contribution in [-0.2, 0) is 9.59 Å². The molecular weight excluding hydrogens is 373 g/mol. The van der Waals surface area contributed by atoms with Gasteiger partial charge in [0.15, 0.2) is 0 Å². The first-order valence-corrected chi connectivity index (χ1v) is 11.6. The summed E-state index contributed by atoms with van der Waals surface area (Å²) in [5.41, 5.74) is 0.650. The number of likely N-dealkylation sites (tertiary alicyclic amines) is 1. The van der Waals surface area contributed by atoms with Crippen LogP contribution >= 0.6 is 0 Å². The van der Waals surface area contributed by atoms with Gasteiger partial charge >= 0.3 is 29.6 Å². The topological polar surface area (TPSA) is 60.4 Å². The normalized spacial score (nSPS) is 44.9. The number of fused-ring (bicyclic) bond motifs is 5. The van der Waals surface area contributed by atoms with Gasteiger partial charge in [0.25, 0.3) is 0 Å². The number of hydrogen-bond acceptors (Lipinski definition) is 3. The van der Waals surface area contributed by atoms with Crippen molar-refractivity contribution in [2.45, 2.75) is 91.0 Å². The van der Waals surface area contributed by atoms with E-state index in [2.05, 4.69) is 25.7 Å². The summed E-state index contributed by atoms with van der Waals surface area (Å²) >= 11 is 0. The molecule has 2 unspecified atom stereocenters. The molecule has 4 nitrogen and oxygen atoms in total. The van der Waals surface area contributed by atoms with Gasteiger partial charge in [0.05, 0.1) is 0 Å². The van der Waals surface area contributed by atoms with Crippen molar-refractivity contribution < 1.29 is 44.3 Å². The molecule has 4 aliphatic rings. The third kappa shape index (κ3) is 3.74. The molecule has 0 spiro atoms. The van der Waals surface area contributed by atoms with Crippen molar-refractivity contribution in [1.29, 1.82) is 0 Å². The first-order chi connectivity index (χ1) is 13.2. The SMILES string of the molecule is CC(CCC(=O)[O-])[C@H]1CC[C@H]2[C@@H]3CCC4N(C)C(=O)CC[C@]4(C)[C@H]3CC[C@]12C.[Na+]. The fourth-order valence-electron chi connectivity index (χ4n) is 8.67. The molecule has 5 heteroatoms. The quantitative estimate of drug-likeness (QED) is 0.638. The average Bonchev–Trinajstić information content (AvgIpc) is 3.00.